The maximum atomic E-state index is 5.85. The fourth-order valence-electron chi connectivity index (χ4n) is 2.61. The number of nitrogens with one attached hydrogen (secondary N) is 1. The molecule has 3 N–H and O–H groups in total. The van der Waals surface area contributed by atoms with E-state index in [4.69, 9.17) is 5.73 Å². The molecule has 0 amide bonds. The molecule has 0 spiro atoms. The SMILES string of the molecule is Nc1ccc2c(c1)CCCC2Nc1ccccn1. The number of nitrogen functional groups attached to an aromatic ring is 1. The van der Waals surface area contributed by atoms with Crippen molar-refractivity contribution in [1.29, 1.82) is 0 Å². The van der Waals surface area contributed by atoms with E-state index in [2.05, 4.69) is 22.4 Å². The molecule has 0 radical (unpaired) electrons. The van der Waals surface area contributed by atoms with Gasteiger partial charge >= 0.3 is 0 Å². The number of hydrogen-bond acceptors (Lipinski definition) is 3. The monoisotopic (exact) mass is 239 g/mol. The van der Waals surface area contributed by atoms with E-state index in [1.165, 1.54) is 17.5 Å². The first-order valence-corrected chi connectivity index (χ1v) is 6.39. The van der Waals surface area contributed by atoms with Crippen molar-refractivity contribution in [3.8, 4) is 0 Å². The van der Waals surface area contributed by atoms with E-state index in [9.17, 15) is 0 Å². The zero-order valence-corrected chi connectivity index (χ0v) is 10.3. The van der Waals surface area contributed by atoms with Crippen molar-refractivity contribution in [2.75, 3.05) is 11.1 Å². The van der Waals surface area contributed by atoms with Gasteiger partial charge < -0.3 is 11.1 Å². The second-order valence-corrected chi connectivity index (χ2v) is 4.76. The molecule has 1 atom stereocenters. The molecule has 0 fully saturated rings. The number of rotatable bonds is 2. The molecule has 3 rings (SSSR count). The highest BCUT2D eigenvalue weighted by atomic mass is 15.0. The summed E-state index contributed by atoms with van der Waals surface area (Å²) in [6.07, 6.45) is 5.28. The van der Waals surface area contributed by atoms with Gasteiger partial charge in [0.1, 0.15) is 5.82 Å². The lowest BCUT2D eigenvalue weighted by molar-refractivity contribution is 0.599. The van der Waals surface area contributed by atoms with Crippen LogP contribution < -0.4 is 11.1 Å². The number of nitrogens with zero attached hydrogens (tertiary/aromatic N) is 1. The van der Waals surface area contributed by atoms with E-state index >= 15 is 0 Å². The fraction of sp³-hybridized carbons (Fsp3) is 0.267. The summed E-state index contributed by atoms with van der Waals surface area (Å²) < 4.78 is 0. The summed E-state index contributed by atoms with van der Waals surface area (Å²) in [4.78, 5) is 4.33. The van der Waals surface area contributed by atoms with Gasteiger partial charge in [0.15, 0.2) is 0 Å². The molecule has 1 aromatic heterocycles. The van der Waals surface area contributed by atoms with Crippen LogP contribution in [0, 0.1) is 0 Å². The summed E-state index contributed by atoms with van der Waals surface area (Å²) in [6.45, 7) is 0. The second kappa shape index (κ2) is 4.69. The van der Waals surface area contributed by atoms with E-state index in [0.717, 1.165) is 24.3 Å². The van der Waals surface area contributed by atoms with Gasteiger partial charge in [-0.2, -0.15) is 0 Å². The Kier molecular flexibility index (Phi) is 2.89. The van der Waals surface area contributed by atoms with Crippen LogP contribution in [0.15, 0.2) is 42.6 Å². The predicted molar refractivity (Wildman–Crippen MR) is 74.4 cm³/mol. The van der Waals surface area contributed by atoms with Crippen LogP contribution in [-0.4, -0.2) is 4.98 Å². The van der Waals surface area contributed by atoms with Gasteiger partial charge in [0.2, 0.25) is 0 Å². The molecule has 1 heterocycles. The summed E-state index contributed by atoms with van der Waals surface area (Å²) in [6, 6.07) is 12.5. The van der Waals surface area contributed by atoms with E-state index < -0.39 is 0 Å². The quantitative estimate of drug-likeness (QED) is 0.791. The first-order chi connectivity index (χ1) is 8.83. The van der Waals surface area contributed by atoms with Crippen molar-refractivity contribution >= 4 is 11.5 Å². The first-order valence-electron chi connectivity index (χ1n) is 6.39. The van der Waals surface area contributed by atoms with Gasteiger partial charge in [0.25, 0.3) is 0 Å². The molecule has 1 aliphatic rings. The van der Waals surface area contributed by atoms with Gasteiger partial charge in [-0.25, -0.2) is 4.98 Å². The second-order valence-electron chi connectivity index (χ2n) is 4.76. The average Bonchev–Trinajstić information content (AvgIpc) is 2.40. The molecule has 0 saturated carbocycles. The maximum Gasteiger partial charge on any atom is 0.126 e. The van der Waals surface area contributed by atoms with Crippen molar-refractivity contribution in [2.24, 2.45) is 0 Å². The third-order valence-corrected chi connectivity index (χ3v) is 3.47. The topological polar surface area (TPSA) is 50.9 Å². The number of nitrogens with two attached hydrogens (primary N) is 1. The summed E-state index contributed by atoms with van der Waals surface area (Å²) in [5.41, 5.74) is 9.43. The highest BCUT2D eigenvalue weighted by molar-refractivity contribution is 5.49. The van der Waals surface area contributed by atoms with Gasteiger partial charge in [-0.05, 0) is 54.7 Å². The van der Waals surface area contributed by atoms with E-state index in [-0.39, 0.29) is 0 Å². The maximum absolute atomic E-state index is 5.85. The van der Waals surface area contributed by atoms with Crippen molar-refractivity contribution in [1.82, 2.24) is 4.98 Å². The lowest BCUT2D eigenvalue weighted by atomic mass is 9.87. The van der Waals surface area contributed by atoms with Crippen molar-refractivity contribution in [3.63, 3.8) is 0 Å². The Labute approximate surface area is 107 Å². The number of fused-ring (bicyclic) bond motifs is 1. The Morgan fingerprint density at radius 1 is 1.22 bits per heavy atom. The van der Waals surface area contributed by atoms with Crippen molar-refractivity contribution in [3.05, 3.63) is 53.7 Å². The zero-order valence-electron chi connectivity index (χ0n) is 10.3. The number of aryl methyl sites for hydroxylation is 1. The van der Waals surface area contributed by atoms with E-state index in [1.54, 1.807) is 0 Å². The zero-order chi connectivity index (χ0) is 12.4. The Balaban J connectivity index is 1.87. The first kappa shape index (κ1) is 11.1. The van der Waals surface area contributed by atoms with Crippen LogP contribution in [0.1, 0.15) is 30.0 Å². The smallest absolute Gasteiger partial charge is 0.126 e. The minimum absolute atomic E-state index is 0.351. The van der Waals surface area contributed by atoms with Crippen molar-refractivity contribution in [2.45, 2.75) is 25.3 Å². The molecule has 3 heteroatoms. The predicted octanol–water partition coefficient (Wildman–Crippen LogP) is 3.15. The highest BCUT2D eigenvalue weighted by Gasteiger charge is 2.20. The standard InChI is InChI=1S/C15H17N3/c16-12-7-8-13-11(10-12)4-3-5-14(13)18-15-6-1-2-9-17-15/h1-2,6-10,14H,3-5,16H2,(H,17,18). The van der Waals surface area contributed by atoms with Crippen LogP contribution in [0.3, 0.4) is 0 Å². The summed E-state index contributed by atoms with van der Waals surface area (Å²) in [7, 11) is 0. The lowest BCUT2D eigenvalue weighted by Gasteiger charge is -2.27. The van der Waals surface area contributed by atoms with Gasteiger partial charge in [-0.1, -0.05) is 12.1 Å². The Hall–Kier alpha value is -2.03. The van der Waals surface area contributed by atoms with E-state index in [0.29, 0.717) is 6.04 Å². The van der Waals surface area contributed by atoms with Crippen LogP contribution in [-0.2, 0) is 6.42 Å². The fourth-order valence-corrected chi connectivity index (χ4v) is 2.61. The Morgan fingerprint density at radius 2 is 2.17 bits per heavy atom. The molecule has 92 valence electrons. The minimum Gasteiger partial charge on any atom is -0.399 e. The summed E-state index contributed by atoms with van der Waals surface area (Å²) in [5.74, 6) is 0.937. The minimum atomic E-state index is 0.351. The molecular weight excluding hydrogens is 222 g/mol. The van der Waals surface area contributed by atoms with Crippen LogP contribution in [0.25, 0.3) is 0 Å². The molecule has 0 aliphatic heterocycles. The molecule has 3 nitrogen and oxygen atoms in total. The van der Waals surface area contributed by atoms with Gasteiger partial charge in [-0.3, -0.25) is 0 Å². The third-order valence-electron chi connectivity index (χ3n) is 3.47. The third kappa shape index (κ3) is 2.16. The lowest BCUT2D eigenvalue weighted by Crippen LogP contribution is -2.18. The average molecular weight is 239 g/mol. The molecule has 0 saturated heterocycles. The van der Waals surface area contributed by atoms with Gasteiger partial charge in [0, 0.05) is 11.9 Å². The number of hydrogen-bond donors (Lipinski definition) is 2. The number of anilines is 2. The molecule has 18 heavy (non-hydrogen) atoms. The van der Waals surface area contributed by atoms with Crippen LogP contribution >= 0.6 is 0 Å². The largest absolute Gasteiger partial charge is 0.399 e. The van der Waals surface area contributed by atoms with Crippen LogP contribution in [0.2, 0.25) is 0 Å². The van der Waals surface area contributed by atoms with Crippen LogP contribution in [0.4, 0.5) is 11.5 Å². The highest BCUT2D eigenvalue weighted by Crippen LogP contribution is 2.32. The summed E-state index contributed by atoms with van der Waals surface area (Å²) in [5, 5.41) is 3.50. The number of pyridine rings is 1. The summed E-state index contributed by atoms with van der Waals surface area (Å²) >= 11 is 0. The molecule has 1 aliphatic carbocycles. The molecule has 2 aromatic rings. The van der Waals surface area contributed by atoms with Crippen LogP contribution in [0.5, 0.6) is 0 Å². The molecule has 1 aromatic carbocycles. The van der Waals surface area contributed by atoms with Gasteiger partial charge in [0.05, 0.1) is 6.04 Å². The normalized spacial score (nSPS) is 18.1. The van der Waals surface area contributed by atoms with Gasteiger partial charge in [-0.15, -0.1) is 0 Å². The van der Waals surface area contributed by atoms with Crippen molar-refractivity contribution < 1.29 is 0 Å². The van der Waals surface area contributed by atoms with E-state index in [1.807, 2.05) is 30.5 Å². The molecule has 0 bridgehead atoms. The number of benzene rings is 1. The molecular formula is C15H17N3. The molecule has 1 unspecified atom stereocenters. The number of aromatic nitrogens is 1. The Bertz CT molecular complexity index is 537. The Morgan fingerprint density at radius 3 is 3.00 bits per heavy atom.